The first kappa shape index (κ1) is 18.0. The van der Waals surface area contributed by atoms with E-state index in [-0.39, 0.29) is 5.82 Å². The molecule has 1 N–H and O–H groups in total. The number of likely N-dealkylation sites (tertiary alicyclic amines) is 1. The molecule has 1 saturated carbocycles. The molecule has 5 nitrogen and oxygen atoms in total. The molecular formula is C21H28FN5. The molecule has 2 atom stereocenters. The van der Waals surface area contributed by atoms with Crippen molar-refractivity contribution in [2.75, 3.05) is 26.7 Å². The van der Waals surface area contributed by atoms with Crippen LogP contribution in [0.5, 0.6) is 0 Å². The second kappa shape index (κ2) is 8.11. The normalized spacial score (nSPS) is 22.7. The Balaban J connectivity index is 1.29. The Hall–Kier alpha value is -2.37. The molecule has 1 aliphatic heterocycles. The molecule has 0 radical (unpaired) electrons. The number of benzene rings is 1. The van der Waals surface area contributed by atoms with Gasteiger partial charge in [-0.05, 0) is 55.0 Å². The van der Waals surface area contributed by atoms with E-state index in [2.05, 4.69) is 20.3 Å². The number of nitrogens with one attached hydrogen (secondary N) is 1. The van der Waals surface area contributed by atoms with Crippen LogP contribution >= 0.6 is 0 Å². The summed E-state index contributed by atoms with van der Waals surface area (Å²) in [7, 11) is 1.87. The number of aromatic nitrogens is 2. The first-order valence-electron chi connectivity index (χ1n) is 9.99. The lowest BCUT2D eigenvalue weighted by Crippen LogP contribution is -2.41. The number of rotatable bonds is 4. The van der Waals surface area contributed by atoms with E-state index in [0.29, 0.717) is 0 Å². The minimum atomic E-state index is -0.233. The van der Waals surface area contributed by atoms with Gasteiger partial charge in [-0.15, -0.1) is 0 Å². The minimum absolute atomic E-state index is 0.233. The van der Waals surface area contributed by atoms with Crippen molar-refractivity contribution in [3.05, 3.63) is 48.0 Å². The zero-order valence-electron chi connectivity index (χ0n) is 15.9. The van der Waals surface area contributed by atoms with Gasteiger partial charge in [0.2, 0.25) is 0 Å². The third-order valence-electron chi connectivity index (χ3n) is 5.89. The maximum Gasteiger partial charge on any atom is 0.193 e. The maximum atomic E-state index is 13.1. The number of hydrogen-bond acceptors (Lipinski definition) is 2. The maximum absolute atomic E-state index is 13.1. The Kier molecular flexibility index (Phi) is 5.41. The average molecular weight is 369 g/mol. The van der Waals surface area contributed by atoms with Gasteiger partial charge in [-0.25, -0.2) is 9.07 Å². The van der Waals surface area contributed by atoms with Gasteiger partial charge in [0.05, 0.1) is 11.4 Å². The average Bonchev–Trinajstić information content (AvgIpc) is 3.33. The number of guanidine groups is 1. The van der Waals surface area contributed by atoms with Gasteiger partial charge in [-0.3, -0.25) is 4.99 Å². The predicted molar refractivity (Wildman–Crippen MR) is 106 cm³/mol. The summed E-state index contributed by atoms with van der Waals surface area (Å²) in [6.45, 7) is 3.09. The molecule has 6 heteroatoms. The molecule has 1 aromatic heterocycles. The molecule has 0 bridgehead atoms. The van der Waals surface area contributed by atoms with Gasteiger partial charge in [0.15, 0.2) is 5.96 Å². The van der Waals surface area contributed by atoms with Gasteiger partial charge < -0.3 is 10.2 Å². The lowest BCUT2D eigenvalue weighted by atomic mass is 9.82. The highest BCUT2D eigenvalue weighted by Crippen LogP contribution is 2.35. The molecule has 2 aromatic rings. The van der Waals surface area contributed by atoms with Crippen LogP contribution in [0.1, 0.15) is 31.4 Å². The number of nitrogens with zero attached hydrogens (tertiary/aromatic N) is 4. The highest BCUT2D eigenvalue weighted by Gasteiger charge is 2.35. The van der Waals surface area contributed by atoms with E-state index in [4.69, 9.17) is 0 Å². The van der Waals surface area contributed by atoms with Crippen LogP contribution in [0.4, 0.5) is 4.39 Å². The van der Waals surface area contributed by atoms with Crippen molar-refractivity contribution in [1.82, 2.24) is 20.0 Å². The highest BCUT2D eigenvalue weighted by molar-refractivity contribution is 5.80. The van der Waals surface area contributed by atoms with E-state index in [1.807, 2.05) is 19.3 Å². The summed E-state index contributed by atoms with van der Waals surface area (Å²) in [5, 5.41) is 8.09. The van der Waals surface area contributed by atoms with E-state index >= 15 is 0 Å². The molecular weight excluding hydrogens is 341 g/mol. The topological polar surface area (TPSA) is 45.5 Å². The zero-order valence-corrected chi connectivity index (χ0v) is 15.9. The van der Waals surface area contributed by atoms with Crippen LogP contribution < -0.4 is 5.32 Å². The van der Waals surface area contributed by atoms with Crippen LogP contribution in [0, 0.1) is 17.7 Å². The van der Waals surface area contributed by atoms with Gasteiger partial charge in [0.1, 0.15) is 5.82 Å². The van der Waals surface area contributed by atoms with Crippen molar-refractivity contribution in [3.63, 3.8) is 0 Å². The van der Waals surface area contributed by atoms with E-state index in [0.717, 1.165) is 55.2 Å². The number of halogens is 1. The van der Waals surface area contributed by atoms with Crippen LogP contribution in [-0.4, -0.2) is 47.3 Å². The number of fused-ring (bicyclic) bond motifs is 1. The standard InChI is InChI=1S/C21H28FN5/c1-23-21(26-14-16-4-2-3-5-17(16)15-26)24-12-10-19-11-13-27(25-19)20-8-6-18(22)7-9-20/h6-9,11,13,16-17H,2-5,10,12,14-15H2,1H3,(H,23,24). The molecule has 1 aromatic carbocycles. The van der Waals surface area contributed by atoms with Crippen LogP contribution in [0.3, 0.4) is 0 Å². The van der Waals surface area contributed by atoms with Crippen molar-refractivity contribution in [2.24, 2.45) is 16.8 Å². The van der Waals surface area contributed by atoms with Gasteiger partial charge in [-0.2, -0.15) is 5.10 Å². The largest absolute Gasteiger partial charge is 0.356 e. The number of aliphatic imine (C=N–C) groups is 1. The van der Waals surface area contributed by atoms with E-state index in [1.54, 1.807) is 16.8 Å². The summed E-state index contributed by atoms with van der Waals surface area (Å²) in [6, 6.07) is 8.39. The van der Waals surface area contributed by atoms with Gasteiger partial charge in [-0.1, -0.05) is 12.8 Å². The molecule has 0 amide bonds. The Morgan fingerprint density at radius 3 is 2.52 bits per heavy atom. The first-order chi connectivity index (χ1) is 13.2. The van der Waals surface area contributed by atoms with Gasteiger partial charge >= 0.3 is 0 Å². The fourth-order valence-corrected chi connectivity index (χ4v) is 4.45. The molecule has 2 heterocycles. The summed E-state index contributed by atoms with van der Waals surface area (Å²) in [5.41, 5.74) is 1.88. The van der Waals surface area contributed by atoms with Crippen molar-refractivity contribution >= 4 is 5.96 Å². The SMILES string of the molecule is CN=C(NCCc1ccn(-c2ccc(F)cc2)n1)N1CC2CCCCC2C1. The summed E-state index contributed by atoms with van der Waals surface area (Å²) in [4.78, 5) is 6.92. The zero-order chi connectivity index (χ0) is 18.6. The molecule has 27 heavy (non-hydrogen) atoms. The van der Waals surface area contributed by atoms with E-state index < -0.39 is 0 Å². The van der Waals surface area contributed by atoms with Crippen molar-refractivity contribution < 1.29 is 4.39 Å². The third kappa shape index (κ3) is 4.15. The second-order valence-electron chi connectivity index (χ2n) is 7.66. The summed E-state index contributed by atoms with van der Waals surface area (Å²) in [5.74, 6) is 2.48. The quantitative estimate of drug-likeness (QED) is 0.665. The molecule has 2 fully saturated rings. The monoisotopic (exact) mass is 369 g/mol. The van der Waals surface area contributed by atoms with Crippen molar-refractivity contribution in [2.45, 2.75) is 32.1 Å². The second-order valence-corrected chi connectivity index (χ2v) is 7.66. The van der Waals surface area contributed by atoms with Crippen LogP contribution in [0.25, 0.3) is 5.69 Å². The summed E-state index contributed by atoms with van der Waals surface area (Å²) < 4.78 is 14.8. The Bertz CT molecular complexity index is 768. The van der Waals surface area contributed by atoms with E-state index in [9.17, 15) is 4.39 Å². The lowest BCUT2D eigenvalue weighted by Gasteiger charge is -2.22. The fraction of sp³-hybridized carbons (Fsp3) is 0.524. The molecule has 144 valence electrons. The molecule has 2 aliphatic rings. The Morgan fingerprint density at radius 1 is 1.15 bits per heavy atom. The Labute approximate surface area is 160 Å². The molecule has 0 spiro atoms. The van der Waals surface area contributed by atoms with Gasteiger partial charge in [0.25, 0.3) is 0 Å². The molecule has 4 rings (SSSR count). The summed E-state index contributed by atoms with van der Waals surface area (Å²) in [6.07, 6.45) is 8.27. The molecule has 1 aliphatic carbocycles. The van der Waals surface area contributed by atoms with Crippen LogP contribution in [-0.2, 0) is 6.42 Å². The van der Waals surface area contributed by atoms with Crippen LogP contribution in [0.15, 0.2) is 41.5 Å². The van der Waals surface area contributed by atoms with Gasteiger partial charge in [0, 0.05) is 39.3 Å². The Morgan fingerprint density at radius 2 is 1.85 bits per heavy atom. The summed E-state index contributed by atoms with van der Waals surface area (Å²) >= 11 is 0. The third-order valence-corrected chi connectivity index (χ3v) is 5.89. The fourth-order valence-electron chi connectivity index (χ4n) is 4.45. The lowest BCUT2D eigenvalue weighted by molar-refractivity contribution is 0.299. The first-order valence-corrected chi connectivity index (χ1v) is 9.99. The van der Waals surface area contributed by atoms with E-state index in [1.165, 1.54) is 37.8 Å². The van der Waals surface area contributed by atoms with Crippen molar-refractivity contribution in [3.8, 4) is 5.69 Å². The minimum Gasteiger partial charge on any atom is -0.356 e. The molecule has 1 saturated heterocycles. The number of hydrogen-bond donors (Lipinski definition) is 1. The van der Waals surface area contributed by atoms with Crippen LogP contribution in [0.2, 0.25) is 0 Å². The highest BCUT2D eigenvalue weighted by atomic mass is 19.1. The smallest absolute Gasteiger partial charge is 0.193 e. The van der Waals surface area contributed by atoms with Crippen molar-refractivity contribution in [1.29, 1.82) is 0 Å². The molecule has 2 unspecified atom stereocenters. The predicted octanol–water partition coefficient (Wildman–Crippen LogP) is 3.25.